The number of halogens is 1. The molecule has 1 aromatic carbocycles. The number of nitrogens with zero attached hydrogens (tertiary/aromatic N) is 1. The zero-order chi connectivity index (χ0) is 13.7. The number of benzene rings is 1. The van der Waals surface area contributed by atoms with Gasteiger partial charge >= 0.3 is 0 Å². The van der Waals surface area contributed by atoms with E-state index in [2.05, 4.69) is 24.9 Å². The van der Waals surface area contributed by atoms with Crippen molar-refractivity contribution in [1.29, 1.82) is 0 Å². The quantitative estimate of drug-likeness (QED) is 0.734. The van der Waals surface area contributed by atoms with Crippen molar-refractivity contribution < 1.29 is 4.39 Å². The Bertz CT molecular complexity index is 521. The molecular weight excluding hydrogens is 237 g/mol. The van der Waals surface area contributed by atoms with Gasteiger partial charge in [0.2, 0.25) is 0 Å². The fraction of sp³-hybridized carbons (Fsp3) is 0.353. The Balaban J connectivity index is 2.04. The lowest BCUT2D eigenvalue weighted by Crippen LogP contribution is -2.00. The summed E-state index contributed by atoms with van der Waals surface area (Å²) in [6.07, 6.45) is 8.16. The number of aryl methyl sites for hydroxylation is 1. The molecule has 0 unspecified atom stereocenters. The van der Waals surface area contributed by atoms with Crippen molar-refractivity contribution >= 4 is 5.71 Å². The highest BCUT2D eigenvalue weighted by molar-refractivity contribution is 5.96. The molecule has 1 nitrogen and oxygen atoms in total. The molecule has 2 heteroatoms. The summed E-state index contributed by atoms with van der Waals surface area (Å²) in [5.74, 6) is -0.179. The van der Waals surface area contributed by atoms with Crippen LogP contribution in [0.5, 0.6) is 0 Å². The molecule has 19 heavy (non-hydrogen) atoms. The summed E-state index contributed by atoms with van der Waals surface area (Å²) in [4.78, 5) is 4.55. The first-order chi connectivity index (χ1) is 9.13. The van der Waals surface area contributed by atoms with Crippen LogP contribution in [0.25, 0.3) is 0 Å². The van der Waals surface area contributed by atoms with Crippen LogP contribution >= 0.6 is 0 Å². The van der Waals surface area contributed by atoms with Crippen molar-refractivity contribution in [1.82, 2.24) is 0 Å². The van der Waals surface area contributed by atoms with Gasteiger partial charge in [-0.2, -0.15) is 0 Å². The van der Waals surface area contributed by atoms with Crippen LogP contribution < -0.4 is 0 Å². The minimum absolute atomic E-state index is 0.179. The van der Waals surface area contributed by atoms with Crippen molar-refractivity contribution in [2.45, 2.75) is 39.5 Å². The van der Waals surface area contributed by atoms with E-state index in [4.69, 9.17) is 0 Å². The Morgan fingerprint density at radius 1 is 1.00 bits per heavy atom. The Hall–Kier alpha value is -1.70. The zero-order valence-electron chi connectivity index (χ0n) is 11.6. The van der Waals surface area contributed by atoms with E-state index < -0.39 is 0 Å². The van der Waals surface area contributed by atoms with Crippen molar-refractivity contribution in [3.05, 3.63) is 59.1 Å². The Morgan fingerprint density at radius 3 is 2.42 bits per heavy atom. The molecule has 1 aliphatic rings. The lowest BCUT2D eigenvalue weighted by molar-refractivity contribution is 0.627. The van der Waals surface area contributed by atoms with E-state index >= 15 is 0 Å². The van der Waals surface area contributed by atoms with Gasteiger partial charge < -0.3 is 0 Å². The van der Waals surface area contributed by atoms with E-state index in [0.29, 0.717) is 0 Å². The van der Waals surface area contributed by atoms with E-state index in [-0.39, 0.29) is 5.82 Å². The lowest BCUT2D eigenvalue weighted by Gasteiger charge is -2.08. The van der Waals surface area contributed by atoms with Crippen LogP contribution in [-0.2, 0) is 6.42 Å². The molecule has 0 spiro atoms. The largest absolute Gasteiger partial charge is 0.261 e. The molecule has 0 saturated heterocycles. The van der Waals surface area contributed by atoms with Crippen LogP contribution in [0.15, 0.2) is 52.7 Å². The van der Waals surface area contributed by atoms with Gasteiger partial charge in [0.1, 0.15) is 5.82 Å². The topological polar surface area (TPSA) is 12.4 Å². The van der Waals surface area contributed by atoms with Crippen molar-refractivity contribution in [2.24, 2.45) is 4.99 Å². The second kappa shape index (κ2) is 6.46. The van der Waals surface area contributed by atoms with E-state index in [1.165, 1.54) is 23.3 Å². The molecule has 0 bridgehead atoms. The van der Waals surface area contributed by atoms with E-state index in [0.717, 1.165) is 37.0 Å². The Labute approximate surface area is 114 Å². The Kier molecular flexibility index (Phi) is 4.67. The highest BCUT2D eigenvalue weighted by atomic mass is 19.1. The summed E-state index contributed by atoms with van der Waals surface area (Å²) >= 11 is 0. The normalized spacial score (nSPS) is 24.3. The molecule has 1 heterocycles. The molecule has 2 rings (SSSR count). The van der Waals surface area contributed by atoms with Crippen LogP contribution in [0.2, 0.25) is 0 Å². The molecule has 0 atom stereocenters. The van der Waals surface area contributed by atoms with Crippen molar-refractivity contribution in [2.75, 3.05) is 0 Å². The van der Waals surface area contributed by atoms with E-state index in [9.17, 15) is 4.39 Å². The van der Waals surface area contributed by atoms with Crippen LogP contribution in [0, 0.1) is 5.82 Å². The van der Waals surface area contributed by atoms with Gasteiger partial charge in [0.25, 0.3) is 0 Å². The lowest BCUT2D eigenvalue weighted by atomic mass is 10.0. The van der Waals surface area contributed by atoms with Gasteiger partial charge in [-0.25, -0.2) is 4.39 Å². The average molecular weight is 257 g/mol. The van der Waals surface area contributed by atoms with Gasteiger partial charge in [-0.1, -0.05) is 23.3 Å². The van der Waals surface area contributed by atoms with E-state index in [1.807, 2.05) is 18.3 Å². The zero-order valence-corrected chi connectivity index (χ0v) is 11.6. The fourth-order valence-corrected chi connectivity index (χ4v) is 2.11. The number of rotatable bonds is 3. The highest BCUT2D eigenvalue weighted by Crippen LogP contribution is 2.15. The Morgan fingerprint density at radius 2 is 1.68 bits per heavy atom. The summed E-state index contributed by atoms with van der Waals surface area (Å²) in [5, 5.41) is 0. The predicted octanol–water partition coefficient (Wildman–Crippen LogP) is 4.84. The smallest absolute Gasteiger partial charge is 0.123 e. The first-order valence-electron chi connectivity index (χ1n) is 6.77. The molecule has 0 aromatic heterocycles. The van der Waals surface area contributed by atoms with Crippen LogP contribution in [0.3, 0.4) is 0 Å². The first-order valence-corrected chi connectivity index (χ1v) is 6.77. The van der Waals surface area contributed by atoms with Crippen LogP contribution in [0.4, 0.5) is 4.39 Å². The van der Waals surface area contributed by atoms with E-state index in [1.54, 1.807) is 0 Å². The second-order valence-electron chi connectivity index (χ2n) is 5.21. The molecule has 1 aliphatic heterocycles. The maximum atomic E-state index is 12.8. The van der Waals surface area contributed by atoms with Gasteiger partial charge in [-0.3, -0.25) is 4.99 Å². The molecule has 1 aromatic rings. The molecule has 0 radical (unpaired) electrons. The molecule has 0 saturated carbocycles. The van der Waals surface area contributed by atoms with Gasteiger partial charge in [0.05, 0.1) is 0 Å². The predicted molar refractivity (Wildman–Crippen MR) is 78.9 cm³/mol. The number of aliphatic imine (C=N–C) groups is 1. The number of allylic oxidation sites excluding steroid dienone is 3. The van der Waals surface area contributed by atoms with Crippen LogP contribution in [-0.4, -0.2) is 5.71 Å². The molecule has 0 fully saturated rings. The fourth-order valence-electron chi connectivity index (χ4n) is 2.11. The molecule has 0 aliphatic carbocycles. The van der Waals surface area contributed by atoms with Crippen LogP contribution in [0.1, 0.15) is 38.7 Å². The molecule has 0 N–H and O–H groups in total. The SMILES string of the molecule is C/C1=C/C(CCc2ccc(F)cc2)=N/C=C(\C)CC1. The maximum absolute atomic E-state index is 12.8. The third kappa shape index (κ3) is 4.47. The summed E-state index contributed by atoms with van der Waals surface area (Å²) in [6, 6.07) is 6.72. The summed E-state index contributed by atoms with van der Waals surface area (Å²) in [7, 11) is 0. The highest BCUT2D eigenvalue weighted by Gasteiger charge is 2.03. The average Bonchev–Trinajstić information content (AvgIpc) is 2.39. The molecular formula is C17H20FN. The summed E-state index contributed by atoms with van der Waals surface area (Å²) in [5.41, 5.74) is 4.97. The monoisotopic (exact) mass is 257 g/mol. The third-order valence-electron chi connectivity index (χ3n) is 3.36. The summed E-state index contributed by atoms with van der Waals surface area (Å²) < 4.78 is 12.8. The van der Waals surface area contributed by atoms with Gasteiger partial charge in [0, 0.05) is 11.9 Å². The maximum Gasteiger partial charge on any atom is 0.123 e. The summed E-state index contributed by atoms with van der Waals surface area (Å²) in [6.45, 7) is 4.28. The second-order valence-corrected chi connectivity index (χ2v) is 5.21. The molecule has 0 amide bonds. The third-order valence-corrected chi connectivity index (χ3v) is 3.36. The van der Waals surface area contributed by atoms with Gasteiger partial charge in [-0.15, -0.1) is 0 Å². The van der Waals surface area contributed by atoms with Crippen molar-refractivity contribution in [3.8, 4) is 0 Å². The number of hydrogen-bond donors (Lipinski definition) is 0. The van der Waals surface area contributed by atoms with Crippen molar-refractivity contribution in [3.63, 3.8) is 0 Å². The number of hydrogen-bond acceptors (Lipinski definition) is 1. The standard InChI is InChI=1S/C17H20FN/c1-13-3-4-14(2)12-19-17(11-13)10-7-15-5-8-16(18)9-6-15/h5-6,8-9,11-12H,3-4,7,10H2,1-2H3/b13-11-,14-12+,19-17+. The molecule has 100 valence electrons. The minimum atomic E-state index is -0.179. The van der Waals surface area contributed by atoms with Gasteiger partial charge in [0.15, 0.2) is 0 Å². The minimum Gasteiger partial charge on any atom is -0.261 e. The van der Waals surface area contributed by atoms with Gasteiger partial charge in [-0.05, 0) is 63.3 Å². The first kappa shape index (κ1) is 13.7.